The molecule has 0 aliphatic carbocycles. The standard InChI is InChI=1S/C3H7O6P.Zn/c4-1-3(5)2-9-10(6,7)8;/h3H,1-2H2,(H2,6,7,8);/q-2;+2. The van der Waals surface area contributed by atoms with E-state index in [1.54, 1.807) is 0 Å². The first-order valence-corrected chi connectivity index (χ1v) is 3.92. The van der Waals surface area contributed by atoms with Crippen LogP contribution in [0, 0.1) is 0 Å². The minimum Gasteiger partial charge on any atom is -0.855 e. The van der Waals surface area contributed by atoms with E-state index in [2.05, 4.69) is 4.52 Å². The third-order valence-corrected chi connectivity index (χ3v) is 1.10. The maximum atomic E-state index is 10.2. The number of phosphoric ester groups is 1. The van der Waals surface area contributed by atoms with Gasteiger partial charge < -0.3 is 20.0 Å². The second-order valence-corrected chi connectivity index (χ2v) is 2.81. The first-order chi connectivity index (χ1) is 4.45. The van der Waals surface area contributed by atoms with E-state index in [-0.39, 0.29) is 19.5 Å². The first-order valence-electron chi connectivity index (χ1n) is 2.39. The van der Waals surface area contributed by atoms with Crippen LogP contribution in [0.15, 0.2) is 0 Å². The Morgan fingerprint density at radius 3 is 2.27 bits per heavy atom. The molecule has 0 saturated carbocycles. The quantitative estimate of drug-likeness (QED) is 0.401. The molecule has 0 amide bonds. The van der Waals surface area contributed by atoms with E-state index in [1.807, 2.05) is 0 Å². The average molecular weight is 235 g/mol. The zero-order valence-corrected chi connectivity index (χ0v) is 9.53. The van der Waals surface area contributed by atoms with Crippen molar-refractivity contribution in [3.8, 4) is 0 Å². The van der Waals surface area contributed by atoms with Crippen molar-refractivity contribution in [1.82, 2.24) is 0 Å². The predicted octanol–water partition coefficient (Wildman–Crippen LogP) is -2.82. The van der Waals surface area contributed by atoms with Crippen molar-refractivity contribution < 1.29 is 48.6 Å². The van der Waals surface area contributed by atoms with Crippen molar-refractivity contribution in [1.29, 1.82) is 0 Å². The summed E-state index contributed by atoms with van der Waals surface area (Å²) in [6, 6.07) is 0. The van der Waals surface area contributed by atoms with E-state index in [9.17, 15) is 14.8 Å². The van der Waals surface area contributed by atoms with Gasteiger partial charge in [-0.05, 0) is 0 Å². The van der Waals surface area contributed by atoms with Gasteiger partial charge >= 0.3 is 27.3 Å². The summed E-state index contributed by atoms with van der Waals surface area (Å²) in [7, 11) is -4.57. The molecular weight excluding hydrogens is 228 g/mol. The van der Waals surface area contributed by atoms with Crippen molar-refractivity contribution in [2.75, 3.05) is 13.2 Å². The van der Waals surface area contributed by atoms with Gasteiger partial charge in [-0.1, -0.05) is 0 Å². The topological polar surface area (TPSA) is 113 Å². The molecule has 0 rings (SSSR count). The molecule has 0 radical (unpaired) electrons. The fourth-order valence-electron chi connectivity index (χ4n) is 0.228. The van der Waals surface area contributed by atoms with Crippen LogP contribution < -0.4 is 10.2 Å². The molecule has 0 aliphatic rings. The normalized spacial score (nSPS) is 13.8. The van der Waals surface area contributed by atoms with Gasteiger partial charge in [-0.3, -0.25) is 4.52 Å². The van der Waals surface area contributed by atoms with E-state index < -0.39 is 27.1 Å². The number of rotatable bonds is 4. The van der Waals surface area contributed by atoms with Crippen molar-refractivity contribution in [3.63, 3.8) is 0 Å². The van der Waals surface area contributed by atoms with Crippen LogP contribution in [0.2, 0.25) is 0 Å². The summed E-state index contributed by atoms with van der Waals surface area (Å²) in [6.45, 7) is -1.69. The Labute approximate surface area is 76.2 Å². The Kier molecular flexibility index (Phi) is 8.00. The second kappa shape index (κ2) is 6.20. The third-order valence-electron chi connectivity index (χ3n) is 0.614. The molecule has 8 heteroatoms. The summed E-state index contributed by atoms with van der Waals surface area (Å²) in [5.74, 6) is 0. The Hall–Kier alpha value is 0.653. The minimum atomic E-state index is -4.57. The molecule has 0 aromatic carbocycles. The van der Waals surface area contributed by atoms with Crippen LogP contribution in [0.25, 0.3) is 0 Å². The molecule has 1 unspecified atom stereocenters. The summed E-state index contributed by atoms with van der Waals surface area (Å²) < 4.78 is 13.6. The summed E-state index contributed by atoms with van der Waals surface area (Å²) >= 11 is 0. The third kappa shape index (κ3) is 10.7. The van der Waals surface area contributed by atoms with E-state index in [0.717, 1.165) is 0 Å². The minimum absolute atomic E-state index is 0. The van der Waals surface area contributed by atoms with Crippen LogP contribution in [0.1, 0.15) is 0 Å². The predicted molar refractivity (Wildman–Crippen MR) is 26.7 cm³/mol. The summed E-state index contributed by atoms with van der Waals surface area (Å²) in [4.78, 5) is 16.0. The Morgan fingerprint density at radius 1 is 1.55 bits per heavy atom. The number of phosphoric acid groups is 1. The summed E-state index contributed by atoms with van der Waals surface area (Å²) in [5, 5.41) is 19.9. The van der Waals surface area contributed by atoms with Gasteiger partial charge in [0.05, 0.1) is 0 Å². The van der Waals surface area contributed by atoms with Crippen LogP contribution >= 0.6 is 7.82 Å². The molecule has 0 aliphatic heterocycles. The van der Waals surface area contributed by atoms with E-state index in [4.69, 9.17) is 9.79 Å². The number of hydrogen-bond donors (Lipinski definition) is 2. The molecule has 0 saturated heterocycles. The molecule has 0 spiro atoms. The first kappa shape index (κ1) is 14.2. The van der Waals surface area contributed by atoms with E-state index in [0.29, 0.717) is 0 Å². The second-order valence-electron chi connectivity index (χ2n) is 1.58. The molecule has 62 valence electrons. The van der Waals surface area contributed by atoms with E-state index >= 15 is 0 Å². The van der Waals surface area contributed by atoms with Gasteiger partial charge in [0.1, 0.15) is 0 Å². The zero-order chi connectivity index (χ0) is 8.20. The Balaban J connectivity index is 0. The molecule has 0 aromatic heterocycles. The number of hydrogen-bond acceptors (Lipinski definition) is 4. The van der Waals surface area contributed by atoms with Gasteiger partial charge in [0, 0.05) is 6.61 Å². The van der Waals surface area contributed by atoms with E-state index in [1.165, 1.54) is 0 Å². The van der Waals surface area contributed by atoms with Crippen LogP contribution in [-0.4, -0.2) is 29.1 Å². The largest absolute Gasteiger partial charge is 2.00 e. The smallest absolute Gasteiger partial charge is 0.855 e. The monoisotopic (exact) mass is 234 g/mol. The van der Waals surface area contributed by atoms with Gasteiger partial charge in [-0.15, -0.1) is 6.10 Å². The molecule has 0 heterocycles. The van der Waals surface area contributed by atoms with Crippen molar-refractivity contribution in [3.05, 3.63) is 0 Å². The SMILES string of the molecule is O=P(O)(O)OCC([O-])C[O-].[Zn+2]. The Bertz CT molecular complexity index is 134. The fraction of sp³-hybridized carbons (Fsp3) is 1.00. The van der Waals surface area contributed by atoms with Crippen LogP contribution in [-0.2, 0) is 28.6 Å². The maximum absolute atomic E-state index is 10.2. The maximum Gasteiger partial charge on any atom is 2.00 e. The zero-order valence-electron chi connectivity index (χ0n) is 5.67. The van der Waals surface area contributed by atoms with Crippen molar-refractivity contribution in [2.24, 2.45) is 0 Å². The molecule has 0 aromatic rings. The molecule has 11 heavy (non-hydrogen) atoms. The molecule has 0 bridgehead atoms. The summed E-state index contributed by atoms with van der Waals surface area (Å²) in [6.07, 6.45) is -1.60. The van der Waals surface area contributed by atoms with Gasteiger partial charge in [-0.2, -0.15) is 6.61 Å². The average Bonchev–Trinajstić information content (AvgIpc) is 1.81. The van der Waals surface area contributed by atoms with Crippen LogP contribution in [0.3, 0.4) is 0 Å². The Morgan fingerprint density at radius 2 is 2.00 bits per heavy atom. The van der Waals surface area contributed by atoms with Crippen molar-refractivity contribution >= 4 is 7.82 Å². The molecule has 2 N–H and O–H groups in total. The van der Waals surface area contributed by atoms with Gasteiger partial charge in [0.2, 0.25) is 0 Å². The van der Waals surface area contributed by atoms with Crippen LogP contribution in [0.4, 0.5) is 0 Å². The van der Waals surface area contributed by atoms with Gasteiger partial charge in [-0.25, -0.2) is 4.57 Å². The van der Waals surface area contributed by atoms with Crippen LogP contribution in [0.5, 0.6) is 0 Å². The van der Waals surface area contributed by atoms with Crippen molar-refractivity contribution in [2.45, 2.75) is 6.10 Å². The summed E-state index contributed by atoms with van der Waals surface area (Å²) in [5.41, 5.74) is 0. The van der Waals surface area contributed by atoms with Gasteiger partial charge in [0.15, 0.2) is 0 Å². The molecule has 1 atom stereocenters. The fourth-order valence-corrected chi connectivity index (χ4v) is 0.589. The molecule has 0 fully saturated rings. The van der Waals surface area contributed by atoms with Gasteiger partial charge in [0.25, 0.3) is 0 Å². The molecule has 6 nitrogen and oxygen atoms in total. The molecular formula is C3H7O6PZn.